The van der Waals surface area contributed by atoms with Gasteiger partial charge in [0.2, 0.25) is 0 Å². The van der Waals surface area contributed by atoms with Crippen LogP contribution >= 0.6 is 0 Å². The zero-order valence-corrected chi connectivity index (χ0v) is 14.4. The highest BCUT2D eigenvalue weighted by molar-refractivity contribution is 6.74. The van der Waals surface area contributed by atoms with Gasteiger partial charge in [0.05, 0.1) is 6.10 Å². The molecule has 0 N–H and O–H groups in total. The molecule has 0 bridgehead atoms. The van der Waals surface area contributed by atoms with Gasteiger partial charge in [0, 0.05) is 19.1 Å². The van der Waals surface area contributed by atoms with Gasteiger partial charge in [-0.15, -0.1) is 0 Å². The van der Waals surface area contributed by atoms with Gasteiger partial charge >= 0.3 is 0 Å². The molecule has 1 aliphatic heterocycles. The summed E-state index contributed by atoms with van der Waals surface area (Å²) in [6.07, 6.45) is 4.07. The molecule has 4 heteroatoms. The molecule has 1 saturated carbocycles. The van der Waals surface area contributed by atoms with Crippen molar-refractivity contribution in [2.45, 2.75) is 83.6 Å². The third kappa shape index (κ3) is 3.41. The minimum Gasteiger partial charge on any atom is -0.414 e. The van der Waals surface area contributed by atoms with Crippen molar-refractivity contribution < 1.29 is 13.9 Å². The Hall–Kier alpha value is 0.0969. The molecule has 2 unspecified atom stereocenters. The molecule has 0 amide bonds. The first-order valence-corrected chi connectivity index (χ1v) is 10.6. The maximum atomic E-state index is 6.51. The summed E-state index contributed by atoms with van der Waals surface area (Å²) in [5, 5.41) is 0.291. The lowest BCUT2D eigenvalue weighted by molar-refractivity contribution is -0.132. The predicted molar refractivity (Wildman–Crippen MR) is 79.7 cm³/mol. The van der Waals surface area contributed by atoms with Crippen molar-refractivity contribution in [3.05, 3.63) is 0 Å². The first-order valence-electron chi connectivity index (χ1n) is 7.68. The smallest absolute Gasteiger partial charge is 0.192 e. The summed E-state index contributed by atoms with van der Waals surface area (Å²) in [6, 6.07) is 0. The lowest BCUT2D eigenvalue weighted by Crippen LogP contribution is -2.43. The average molecular weight is 286 g/mol. The highest BCUT2D eigenvalue weighted by Crippen LogP contribution is 2.44. The fraction of sp³-hybridized carbons (Fsp3) is 1.00. The molecule has 1 saturated heterocycles. The Bertz CT molecular complexity index is 297. The van der Waals surface area contributed by atoms with Crippen LogP contribution < -0.4 is 0 Å². The molecule has 0 aromatic heterocycles. The largest absolute Gasteiger partial charge is 0.414 e. The van der Waals surface area contributed by atoms with E-state index in [2.05, 4.69) is 33.9 Å². The maximum Gasteiger partial charge on any atom is 0.192 e. The zero-order valence-electron chi connectivity index (χ0n) is 13.4. The van der Waals surface area contributed by atoms with Crippen LogP contribution in [0.5, 0.6) is 0 Å². The molecule has 2 rings (SSSR count). The first-order chi connectivity index (χ1) is 8.73. The van der Waals surface area contributed by atoms with Crippen LogP contribution in [0.4, 0.5) is 0 Å². The highest BCUT2D eigenvalue weighted by Gasteiger charge is 2.47. The number of rotatable bonds is 4. The number of hydrogen-bond donors (Lipinski definition) is 0. The van der Waals surface area contributed by atoms with Gasteiger partial charge in [-0.25, -0.2) is 0 Å². The van der Waals surface area contributed by atoms with Crippen molar-refractivity contribution in [1.29, 1.82) is 0 Å². The van der Waals surface area contributed by atoms with Crippen LogP contribution in [0, 0.1) is 5.92 Å². The second-order valence-electron chi connectivity index (χ2n) is 7.53. The summed E-state index contributed by atoms with van der Waals surface area (Å²) in [5.41, 5.74) is 0. The summed E-state index contributed by atoms with van der Waals surface area (Å²) < 4.78 is 18.1. The highest BCUT2D eigenvalue weighted by atomic mass is 28.4. The quantitative estimate of drug-likeness (QED) is 0.733. The zero-order chi connectivity index (χ0) is 14.3. The van der Waals surface area contributed by atoms with E-state index in [9.17, 15) is 0 Å². The van der Waals surface area contributed by atoms with E-state index in [0.29, 0.717) is 23.2 Å². The van der Waals surface area contributed by atoms with Gasteiger partial charge in [0.15, 0.2) is 14.6 Å². The molecule has 2 aliphatic rings. The molecule has 0 aromatic rings. The summed E-state index contributed by atoms with van der Waals surface area (Å²) in [7, 11) is -1.64. The van der Waals surface area contributed by atoms with Crippen molar-refractivity contribution in [3.63, 3.8) is 0 Å². The Morgan fingerprint density at radius 2 is 1.84 bits per heavy atom. The monoisotopic (exact) mass is 286 g/mol. The van der Waals surface area contributed by atoms with Crippen molar-refractivity contribution in [2.75, 3.05) is 6.61 Å². The average Bonchev–Trinajstić information content (AvgIpc) is 2.72. The fourth-order valence-corrected chi connectivity index (χ4v) is 4.31. The molecule has 1 aliphatic carbocycles. The van der Waals surface area contributed by atoms with E-state index >= 15 is 0 Å². The lowest BCUT2D eigenvalue weighted by atomic mass is 10.0. The molecular formula is C15H30O3Si. The van der Waals surface area contributed by atoms with Crippen LogP contribution in [0.25, 0.3) is 0 Å². The second kappa shape index (κ2) is 5.47. The number of fused-ring (bicyclic) bond motifs is 1. The van der Waals surface area contributed by atoms with Crippen LogP contribution in [0.2, 0.25) is 18.1 Å². The maximum absolute atomic E-state index is 6.51. The third-order valence-electron chi connectivity index (χ3n) is 5.03. The van der Waals surface area contributed by atoms with Gasteiger partial charge < -0.3 is 13.9 Å². The second-order valence-corrected chi connectivity index (χ2v) is 12.3. The van der Waals surface area contributed by atoms with E-state index in [4.69, 9.17) is 13.9 Å². The van der Waals surface area contributed by atoms with Crippen LogP contribution in [-0.2, 0) is 13.9 Å². The molecule has 2 fully saturated rings. The van der Waals surface area contributed by atoms with E-state index in [1.165, 1.54) is 0 Å². The van der Waals surface area contributed by atoms with Crippen molar-refractivity contribution in [1.82, 2.24) is 0 Å². The van der Waals surface area contributed by atoms with Gasteiger partial charge in [-0.2, -0.15) is 0 Å². The van der Waals surface area contributed by atoms with Gasteiger partial charge in [-0.1, -0.05) is 20.8 Å². The minimum absolute atomic E-state index is 0.0359. The Balaban J connectivity index is 1.85. The van der Waals surface area contributed by atoms with Gasteiger partial charge in [-0.05, 0) is 43.8 Å². The fourth-order valence-electron chi connectivity index (χ4n) is 2.93. The van der Waals surface area contributed by atoms with E-state index in [1.807, 2.05) is 6.92 Å². The molecule has 1 heterocycles. The van der Waals surface area contributed by atoms with E-state index < -0.39 is 8.32 Å². The molecule has 19 heavy (non-hydrogen) atoms. The first kappa shape index (κ1) is 15.5. The predicted octanol–water partition coefficient (Wildman–Crippen LogP) is 3.94. The summed E-state index contributed by atoms with van der Waals surface area (Å²) >= 11 is 0. The Kier molecular flexibility index (Phi) is 4.46. The third-order valence-corrected chi connectivity index (χ3v) is 9.56. The van der Waals surface area contributed by atoms with Crippen LogP contribution in [0.1, 0.15) is 47.0 Å². The van der Waals surface area contributed by atoms with Gasteiger partial charge in [-0.3, -0.25) is 0 Å². The lowest BCUT2D eigenvalue weighted by Gasteiger charge is -2.38. The van der Waals surface area contributed by atoms with Crippen molar-refractivity contribution in [3.8, 4) is 0 Å². The summed E-state index contributed by atoms with van der Waals surface area (Å²) in [5.74, 6) is 0.645. The van der Waals surface area contributed by atoms with Crippen LogP contribution in [0.15, 0.2) is 0 Å². The summed E-state index contributed by atoms with van der Waals surface area (Å²) in [6.45, 7) is 14.4. The van der Waals surface area contributed by atoms with Crippen molar-refractivity contribution >= 4 is 8.32 Å². The molecular weight excluding hydrogens is 256 g/mol. The Labute approximate surface area is 119 Å². The number of ether oxygens (including phenoxy) is 2. The van der Waals surface area contributed by atoms with E-state index in [1.54, 1.807) is 0 Å². The van der Waals surface area contributed by atoms with Gasteiger partial charge in [0.25, 0.3) is 0 Å². The van der Waals surface area contributed by atoms with Crippen LogP contribution in [-0.4, -0.2) is 33.4 Å². The SMILES string of the molecule is CCOC1CC2C[C@@H](O[Si](C)(C)C(C)(C)C)C[C@H]2O1. The molecule has 0 spiro atoms. The Morgan fingerprint density at radius 1 is 1.16 bits per heavy atom. The number of hydrogen-bond acceptors (Lipinski definition) is 3. The molecule has 0 aromatic carbocycles. The van der Waals surface area contributed by atoms with E-state index in [0.717, 1.165) is 25.9 Å². The molecule has 112 valence electrons. The summed E-state index contributed by atoms with van der Waals surface area (Å²) in [4.78, 5) is 0. The molecule has 0 radical (unpaired) electrons. The standard InChI is InChI=1S/C15H30O3Si/c1-7-16-14-9-11-8-12(10-13(11)17-14)18-19(5,6)15(2,3)4/h11-14H,7-10H2,1-6H3/t11?,12-,13-,14?/m1/s1. The normalized spacial score (nSPS) is 35.7. The van der Waals surface area contributed by atoms with Crippen molar-refractivity contribution in [2.24, 2.45) is 5.92 Å². The Morgan fingerprint density at radius 3 is 2.37 bits per heavy atom. The van der Waals surface area contributed by atoms with Crippen LogP contribution in [0.3, 0.4) is 0 Å². The minimum atomic E-state index is -1.64. The van der Waals surface area contributed by atoms with E-state index in [-0.39, 0.29) is 6.29 Å². The molecule has 4 atom stereocenters. The van der Waals surface area contributed by atoms with Gasteiger partial charge in [0.1, 0.15) is 0 Å². The molecule has 3 nitrogen and oxygen atoms in total. The topological polar surface area (TPSA) is 27.7 Å².